The molecule has 0 amide bonds. The average molecular weight is 330 g/mol. The molecule has 0 spiro atoms. The number of H-pyrrole nitrogens is 1. The van der Waals surface area contributed by atoms with E-state index in [2.05, 4.69) is 4.98 Å². The highest BCUT2D eigenvalue weighted by Gasteiger charge is 2.25. The Morgan fingerprint density at radius 1 is 1.12 bits per heavy atom. The second-order valence-electron chi connectivity index (χ2n) is 7.17. The number of nitrogens with zero attached hydrogens (tertiary/aromatic N) is 1. The standard InChI is InChI=1S/C18H22N2O4/c21-14-10-12(5-2-1-4-11-8-9-11)15-16(24-14)19-18(23)20(17(15)22)13-6-3-7-13/h10-11,13H,1-9H2,(H,19,23). The van der Waals surface area contributed by atoms with Crippen LogP contribution in [0.5, 0.6) is 0 Å². The summed E-state index contributed by atoms with van der Waals surface area (Å²) < 4.78 is 6.39. The van der Waals surface area contributed by atoms with E-state index in [4.69, 9.17) is 4.42 Å². The van der Waals surface area contributed by atoms with E-state index < -0.39 is 11.3 Å². The van der Waals surface area contributed by atoms with Crippen LogP contribution in [0, 0.1) is 5.92 Å². The molecule has 0 unspecified atom stereocenters. The van der Waals surface area contributed by atoms with Crippen LogP contribution in [0.2, 0.25) is 0 Å². The highest BCUT2D eigenvalue weighted by molar-refractivity contribution is 5.75. The van der Waals surface area contributed by atoms with Gasteiger partial charge in [-0.25, -0.2) is 9.59 Å². The van der Waals surface area contributed by atoms with Crippen molar-refractivity contribution >= 4 is 11.1 Å². The molecule has 0 bridgehead atoms. The van der Waals surface area contributed by atoms with Gasteiger partial charge in [0.25, 0.3) is 5.56 Å². The molecule has 0 radical (unpaired) electrons. The van der Waals surface area contributed by atoms with Crippen LogP contribution < -0.4 is 16.9 Å². The third-order valence-electron chi connectivity index (χ3n) is 5.36. The molecule has 6 nitrogen and oxygen atoms in total. The fraction of sp³-hybridized carbons (Fsp3) is 0.611. The number of aryl methyl sites for hydroxylation is 1. The van der Waals surface area contributed by atoms with E-state index in [0.29, 0.717) is 17.4 Å². The summed E-state index contributed by atoms with van der Waals surface area (Å²) in [5.41, 5.74) is -0.599. The molecule has 2 aromatic heterocycles. The van der Waals surface area contributed by atoms with E-state index in [1.54, 1.807) is 0 Å². The number of fused-ring (bicyclic) bond motifs is 1. The van der Waals surface area contributed by atoms with Crippen molar-refractivity contribution in [3.63, 3.8) is 0 Å². The number of hydrogen-bond acceptors (Lipinski definition) is 4. The quantitative estimate of drug-likeness (QED) is 0.825. The highest BCUT2D eigenvalue weighted by atomic mass is 16.4. The van der Waals surface area contributed by atoms with Crippen molar-refractivity contribution in [3.8, 4) is 0 Å². The zero-order chi connectivity index (χ0) is 16.7. The zero-order valence-corrected chi connectivity index (χ0v) is 13.7. The predicted octanol–water partition coefficient (Wildman–Crippen LogP) is 2.49. The van der Waals surface area contributed by atoms with Crippen LogP contribution in [0.25, 0.3) is 11.1 Å². The number of aromatic amines is 1. The van der Waals surface area contributed by atoms with Crippen LogP contribution in [0.15, 0.2) is 24.9 Å². The molecule has 2 aliphatic carbocycles. The van der Waals surface area contributed by atoms with Gasteiger partial charge in [-0.15, -0.1) is 0 Å². The van der Waals surface area contributed by atoms with Crippen LogP contribution in [-0.4, -0.2) is 9.55 Å². The molecule has 2 aliphatic rings. The van der Waals surface area contributed by atoms with Gasteiger partial charge in [-0.1, -0.05) is 25.7 Å². The lowest BCUT2D eigenvalue weighted by atomic mass is 9.93. The topological polar surface area (TPSA) is 85.1 Å². The molecule has 0 aromatic carbocycles. The Morgan fingerprint density at radius 2 is 1.92 bits per heavy atom. The Bertz CT molecular complexity index is 929. The first kappa shape index (κ1) is 15.4. The summed E-state index contributed by atoms with van der Waals surface area (Å²) >= 11 is 0. The molecule has 1 N–H and O–H groups in total. The van der Waals surface area contributed by atoms with Gasteiger partial charge in [-0.3, -0.25) is 14.3 Å². The summed E-state index contributed by atoms with van der Waals surface area (Å²) in [6.45, 7) is 0. The summed E-state index contributed by atoms with van der Waals surface area (Å²) in [4.78, 5) is 39.4. The van der Waals surface area contributed by atoms with Crippen molar-refractivity contribution in [3.05, 3.63) is 42.9 Å². The van der Waals surface area contributed by atoms with Gasteiger partial charge in [0.2, 0.25) is 5.71 Å². The van der Waals surface area contributed by atoms with Gasteiger partial charge in [0.1, 0.15) is 5.39 Å². The maximum Gasteiger partial charge on any atom is 0.337 e. The first-order valence-electron chi connectivity index (χ1n) is 8.95. The fourth-order valence-corrected chi connectivity index (χ4v) is 3.56. The molecule has 4 rings (SSSR count). The van der Waals surface area contributed by atoms with Crippen LogP contribution in [0.1, 0.15) is 63.0 Å². The predicted molar refractivity (Wildman–Crippen MR) is 90.5 cm³/mol. The number of aromatic nitrogens is 2. The maximum atomic E-state index is 12.8. The monoisotopic (exact) mass is 330 g/mol. The summed E-state index contributed by atoms with van der Waals surface area (Å²) in [6.07, 6.45) is 9.35. The van der Waals surface area contributed by atoms with E-state index in [0.717, 1.165) is 38.0 Å². The lowest BCUT2D eigenvalue weighted by Gasteiger charge is -2.26. The van der Waals surface area contributed by atoms with Crippen LogP contribution >= 0.6 is 0 Å². The van der Waals surface area contributed by atoms with E-state index in [1.165, 1.54) is 29.9 Å². The van der Waals surface area contributed by atoms with Crippen molar-refractivity contribution in [2.24, 2.45) is 5.92 Å². The number of nitrogens with one attached hydrogen (secondary N) is 1. The molecule has 0 saturated heterocycles. The van der Waals surface area contributed by atoms with Crippen LogP contribution in [0.4, 0.5) is 0 Å². The number of hydrogen-bond donors (Lipinski definition) is 1. The lowest BCUT2D eigenvalue weighted by molar-refractivity contribution is 0.297. The molecule has 2 heterocycles. The largest absolute Gasteiger partial charge is 0.405 e. The number of unbranched alkanes of at least 4 members (excludes halogenated alkanes) is 1. The highest BCUT2D eigenvalue weighted by Crippen LogP contribution is 2.34. The molecule has 0 atom stereocenters. The van der Waals surface area contributed by atoms with Crippen molar-refractivity contribution < 1.29 is 4.42 Å². The lowest BCUT2D eigenvalue weighted by Crippen LogP contribution is -2.41. The molecular weight excluding hydrogens is 308 g/mol. The van der Waals surface area contributed by atoms with E-state index in [1.807, 2.05) is 0 Å². The molecule has 128 valence electrons. The van der Waals surface area contributed by atoms with E-state index in [9.17, 15) is 14.4 Å². The van der Waals surface area contributed by atoms with Crippen molar-refractivity contribution in [1.29, 1.82) is 0 Å². The minimum absolute atomic E-state index is 0.0188. The SMILES string of the molecule is O=c1cc(CCCCC2CC2)c2c(=O)n(C3CCC3)c(=O)[nH]c2o1. The molecule has 2 fully saturated rings. The molecule has 6 heteroatoms. The molecule has 2 aromatic rings. The third kappa shape index (κ3) is 2.85. The van der Waals surface area contributed by atoms with Gasteiger partial charge >= 0.3 is 11.3 Å². The Morgan fingerprint density at radius 3 is 2.58 bits per heavy atom. The van der Waals surface area contributed by atoms with Gasteiger partial charge in [-0.2, -0.15) is 0 Å². The molecule has 0 aliphatic heterocycles. The molecule has 2 saturated carbocycles. The Hall–Kier alpha value is -2.11. The zero-order valence-electron chi connectivity index (χ0n) is 13.7. The van der Waals surface area contributed by atoms with Gasteiger partial charge in [0, 0.05) is 12.1 Å². The summed E-state index contributed by atoms with van der Waals surface area (Å²) in [6, 6.07) is 1.38. The first-order chi connectivity index (χ1) is 11.6. The summed E-state index contributed by atoms with van der Waals surface area (Å²) in [7, 11) is 0. The average Bonchev–Trinajstić information content (AvgIpc) is 3.29. The smallest absolute Gasteiger partial charge is 0.337 e. The minimum atomic E-state index is -0.517. The molecular formula is C18H22N2O4. The Balaban J connectivity index is 1.72. The maximum absolute atomic E-state index is 12.8. The van der Waals surface area contributed by atoms with Crippen molar-refractivity contribution in [1.82, 2.24) is 9.55 Å². The van der Waals surface area contributed by atoms with Gasteiger partial charge in [0.15, 0.2) is 0 Å². The Labute approximate surface area is 138 Å². The number of rotatable bonds is 6. The molecule has 24 heavy (non-hydrogen) atoms. The van der Waals surface area contributed by atoms with Crippen molar-refractivity contribution in [2.45, 2.75) is 63.8 Å². The van der Waals surface area contributed by atoms with Gasteiger partial charge < -0.3 is 4.42 Å². The van der Waals surface area contributed by atoms with Gasteiger partial charge in [-0.05, 0) is 43.6 Å². The third-order valence-corrected chi connectivity index (χ3v) is 5.36. The fourth-order valence-electron chi connectivity index (χ4n) is 3.56. The van der Waals surface area contributed by atoms with Crippen LogP contribution in [0.3, 0.4) is 0 Å². The minimum Gasteiger partial charge on any atom is -0.405 e. The first-order valence-corrected chi connectivity index (χ1v) is 8.95. The van der Waals surface area contributed by atoms with Gasteiger partial charge in [0.05, 0.1) is 0 Å². The van der Waals surface area contributed by atoms with Crippen LogP contribution in [-0.2, 0) is 6.42 Å². The summed E-state index contributed by atoms with van der Waals surface area (Å²) in [5, 5.41) is 0.368. The van der Waals surface area contributed by atoms with E-state index in [-0.39, 0.29) is 17.3 Å². The second-order valence-corrected chi connectivity index (χ2v) is 7.17. The summed E-state index contributed by atoms with van der Waals surface area (Å²) in [5.74, 6) is 0.884. The van der Waals surface area contributed by atoms with Crippen molar-refractivity contribution in [2.75, 3.05) is 0 Å². The second kappa shape index (κ2) is 6.07. The van der Waals surface area contributed by atoms with E-state index >= 15 is 0 Å². The Kier molecular flexibility index (Phi) is 3.90. The normalized spacial score (nSPS) is 18.0.